The topological polar surface area (TPSA) is 92.8 Å². The number of rotatable bonds is 3. The number of fused-ring (bicyclic) bond motifs is 1. The van der Waals surface area contributed by atoms with Crippen molar-refractivity contribution in [1.82, 2.24) is 4.31 Å². The molecule has 31 heavy (non-hydrogen) atoms. The van der Waals surface area contributed by atoms with Crippen molar-refractivity contribution in [1.29, 1.82) is 0 Å². The Bertz CT molecular complexity index is 1150. The summed E-state index contributed by atoms with van der Waals surface area (Å²) in [6, 6.07) is 9.48. The number of amides is 1. The number of halogens is 1. The lowest BCUT2D eigenvalue weighted by Crippen LogP contribution is -2.52. The highest BCUT2D eigenvalue weighted by molar-refractivity contribution is 7.89. The Morgan fingerprint density at radius 1 is 1.16 bits per heavy atom. The van der Waals surface area contributed by atoms with Crippen molar-refractivity contribution >= 4 is 39.0 Å². The number of ether oxygens (including phenoxy) is 1. The van der Waals surface area contributed by atoms with Gasteiger partial charge in [0, 0.05) is 43.6 Å². The lowest BCUT2D eigenvalue weighted by molar-refractivity contribution is -0.114. The number of hydrogen-bond acceptors (Lipinski definition) is 5. The molecular formula is C22H23ClN2O5S. The minimum atomic E-state index is -3.69. The number of benzene rings is 2. The number of carbonyl (C=O) groups is 2. The summed E-state index contributed by atoms with van der Waals surface area (Å²) in [5.41, 5.74) is 1.12. The van der Waals surface area contributed by atoms with Gasteiger partial charge in [-0.3, -0.25) is 9.59 Å². The van der Waals surface area contributed by atoms with E-state index in [1.165, 1.54) is 23.4 Å². The van der Waals surface area contributed by atoms with Crippen LogP contribution in [0.2, 0.25) is 5.02 Å². The summed E-state index contributed by atoms with van der Waals surface area (Å²) in [7, 11) is -3.69. The lowest BCUT2D eigenvalue weighted by atomic mass is 9.82. The molecule has 1 N–H and O–H groups in total. The monoisotopic (exact) mass is 462 g/mol. The number of Topliss-reactive ketones (excluding diaryl/α,β-unsaturated/α-hetero) is 1. The highest BCUT2D eigenvalue weighted by Crippen LogP contribution is 2.42. The van der Waals surface area contributed by atoms with E-state index in [4.69, 9.17) is 16.3 Å². The Morgan fingerprint density at radius 3 is 2.42 bits per heavy atom. The Balaban J connectivity index is 1.50. The summed E-state index contributed by atoms with van der Waals surface area (Å²) < 4.78 is 33.8. The van der Waals surface area contributed by atoms with Gasteiger partial charge < -0.3 is 10.1 Å². The van der Waals surface area contributed by atoms with E-state index in [9.17, 15) is 18.0 Å². The SMILES string of the molecule is CC(=O)Nc1ccc(S(=O)(=O)N2CCC3(CC2)CC(=O)c2cc(Cl)cc(C)c2O3)cc1. The van der Waals surface area contributed by atoms with Crippen LogP contribution >= 0.6 is 11.6 Å². The molecule has 7 nitrogen and oxygen atoms in total. The smallest absolute Gasteiger partial charge is 0.243 e. The molecule has 2 aromatic carbocycles. The van der Waals surface area contributed by atoms with E-state index < -0.39 is 15.6 Å². The van der Waals surface area contributed by atoms with Gasteiger partial charge in [0.05, 0.1) is 16.9 Å². The number of sulfonamides is 1. The molecule has 4 rings (SSSR count). The van der Waals surface area contributed by atoms with Gasteiger partial charge in [0.1, 0.15) is 11.4 Å². The Hall–Kier alpha value is -2.42. The first-order valence-electron chi connectivity index (χ1n) is 10.00. The van der Waals surface area contributed by atoms with Gasteiger partial charge in [0.15, 0.2) is 5.78 Å². The average molecular weight is 463 g/mol. The molecule has 0 unspecified atom stereocenters. The van der Waals surface area contributed by atoms with Gasteiger partial charge in [-0.1, -0.05) is 11.6 Å². The molecule has 164 valence electrons. The molecule has 0 saturated carbocycles. The first-order chi connectivity index (χ1) is 14.6. The van der Waals surface area contributed by atoms with Crippen molar-refractivity contribution in [3.8, 4) is 5.75 Å². The molecule has 1 fully saturated rings. The molecule has 0 atom stereocenters. The largest absolute Gasteiger partial charge is 0.486 e. The predicted molar refractivity (Wildman–Crippen MR) is 117 cm³/mol. The number of carbonyl (C=O) groups excluding carboxylic acids is 2. The normalized spacial score (nSPS) is 18.4. The van der Waals surface area contributed by atoms with Gasteiger partial charge in [0.2, 0.25) is 15.9 Å². The summed E-state index contributed by atoms with van der Waals surface area (Å²) in [6.45, 7) is 3.75. The van der Waals surface area contributed by atoms with Crippen LogP contribution in [0.1, 0.15) is 42.1 Å². The zero-order valence-electron chi connectivity index (χ0n) is 17.3. The third-order valence-corrected chi connectivity index (χ3v) is 7.92. The number of anilines is 1. The highest BCUT2D eigenvalue weighted by atomic mass is 35.5. The first kappa shape index (κ1) is 21.8. The minimum Gasteiger partial charge on any atom is -0.486 e. The van der Waals surface area contributed by atoms with Crippen molar-refractivity contribution in [2.45, 2.75) is 43.6 Å². The van der Waals surface area contributed by atoms with Crippen molar-refractivity contribution in [3.63, 3.8) is 0 Å². The predicted octanol–water partition coefficient (Wildman–Crippen LogP) is 3.80. The molecule has 0 aromatic heterocycles. The van der Waals surface area contributed by atoms with Crippen LogP contribution in [0.25, 0.3) is 0 Å². The molecule has 2 aliphatic rings. The van der Waals surface area contributed by atoms with E-state index in [0.717, 1.165) is 5.56 Å². The Labute approximate surface area is 186 Å². The second kappa shape index (κ2) is 7.93. The summed E-state index contributed by atoms with van der Waals surface area (Å²) in [5.74, 6) is 0.292. The van der Waals surface area contributed by atoms with E-state index >= 15 is 0 Å². The lowest BCUT2D eigenvalue weighted by Gasteiger charge is -2.43. The molecule has 2 aromatic rings. The van der Waals surface area contributed by atoms with Crippen LogP contribution < -0.4 is 10.1 Å². The zero-order chi connectivity index (χ0) is 22.4. The quantitative estimate of drug-likeness (QED) is 0.749. The zero-order valence-corrected chi connectivity index (χ0v) is 18.8. The van der Waals surface area contributed by atoms with E-state index in [0.29, 0.717) is 34.9 Å². The number of piperidine rings is 1. The number of nitrogens with one attached hydrogen (secondary N) is 1. The van der Waals surface area contributed by atoms with Crippen molar-refractivity contribution in [3.05, 3.63) is 52.5 Å². The van der Waals surface area contributed by atoms with E-state index in [2.05, 4.69) is 5.32 Å². The molecule has 0 radical (unpaired) electrons. The molecule has 2 heterocycles. The van der Waals surface area contributed by atoms with E-state index in [-0.39, 0.29) is 36.1 Å². The fourth-order valence-electron chi connectivity index (χ4n) is 4.19. The number of hydrogen-bond donors (Lipinski definition) is 1. The van der Waals surface area contributed by atoms with Gasteiger partial charge in [-0.15, -0.1) is 0 Å². The summed E-state index contributed by atoms with van der Waals surface area (Å²) in [5, 5.41) is 3.11. The molecule has 0 bridgehead atoms. The van der Waals surface area contributed by atoms with E-state index in [1.54, 1.807) is 24.3 Å². The molecule has 1 amide bonds. The van der Waals surface area contributed by atoms with Crippen LogP contribution in [-0.2, 0) is 14.8 Å². The molecule has 1 spiro atoms. The van der Waals surface area contributed by atoms with Crippen molar-refractivity contribution < 1.29 is 22.7 Å². The van der Waals surface area contributed by atoms with Crippen LogP contribution in [0.5, 0.6) is 5.75 Å². The van der Waals surface area contributed by atoms with E-state index in [1.807, 2.05) is 6.92 Å². The third-order valence-electron chi connectivity index (χ3n) is 5.79. The van der Waals surface area contributed by atoms with Crippen molar-refractivity contribution in [2.24, 2.45) is 0 Å². The van der Waals surface area contributed by atoms with Gasteiger partial charge in [-0.25, -0.2) is 8.42 Å². The molecule has 0 aliphatic carbocycles. The first-order valence-corrected chi connectivity index (χ1v) is 11.8. The minimum absolute atomic E-state index is 0.0308. The summed E-state index contributed by atoms with van der Waals surface area (Å²) in [6.07, 6.45) is 1.05. The standard InChI is InChI=1S/C22H23ClN2O5S/c1-14-11-16(23)12-19-20(27)13-22(30-21(14)19)7-9-25(10-8-22)31(28,29)18-5-3-17(4-6-18)24-15(2)26/h3-6,11-12H,7-10,13H2,1-2H3,(H,24,26). The maximum Gasteiger partial charge on any atom is 0.243 e. The summed E-state index contributed by atoms with van der Waals surface area (Å²) in [4.78, 5) is 24.1. The molecular weight excluding hydrogens is 440 g/mol. The maximum absolute atomic E-state index is 13.1. The van der Waals surface area contributed by atoms with Gasteiger partial charge in [-0.2, -0.15) is 4.31 Å². The fraction of sp³-hybridized carbons (Fsp3) is 0.364. The second-order valence-electron chi connectivity index (χ2n) is 8.09. The van der Waals surface area contributed by atoms with Crippen LogP contribution in [0.4, 0.5) is 5.69 Å². The van der Waals surface area contributed by atoms with Crippen LogP contribution in [-0.4, -0.2) is 43.1 Å². The number of ketones is 1. The van der Waals surface area contributed by atoms with Gasteiger partial charge in [-0.05, 0) is 48.9 Å². The fourth-order valence-corrected chi connectivity index (χ4v) is 5.90. The third kappa shape index (κ3) is 4.20. The van der Waals surface area contributed by atoms with Crippen LogP contribution in [0, 0.1) is 6.92 Å². The maximum atomic E-state index is 13.1. The highest BCUT2D eigenvalue weighted by Gasteiger charge is 2.45. The summed E-state index contributed by atoms with van der Waals surface area (Å²) >= 11 is 6.08. The van der Waals surface area contributed by atoms with Crippen molar-refractivity contribution in [2.75, 3.05) is 18.4 Å². The van der Waals surface area contributed by atoms with Gasteiger partial charge >= 0.3 is 0 Å². The van der Waals surface area contributed by atoms with Gasteiger partial charge in [0.25, 0.3) is 0 Å². The molecule has 1 saturated heterocycles. The number of nitrogens with zero attached hydrogens (tertiary/aromatic N) is 1. The Morgan fingerprint density at radius 2 is 1.81 bits per heavy atom. The Kier molecular flexibility index (Phi) is 5.57. The second-order valence-corrected chi connectivity index (χ2v) is 10.5. The average Bonchev–Trinajstić information content (AvgIpc) is 2.69. The molecule has 9 heteroatoms. The number of aryl methyl sites for hydroxylation is 1. The molecule has 2 aliphatic heterocycles. The van der Waals surface area contributed by atoms with Crippen LogP contribution in [0.15, 0.2) is 41.3 Å². The van der Waals surface area contributed by atoms with Crippen LogP contribution in [0.3, 0.4) is 0 Å².